The molecule has 0 aromatic heterocycles. The van der Waals surface area contributed by atoms with Crippen LogP contribution in [0.15, 0.2) is 70.0 Å². The van der Waals surface area contributed by atoms with E-state index < -0.39 is 0 Å². The fraction of sp³-hybridized carbons (Fsp3) is 0.280. The van der Waals surface area contributed by atoms with Crippen molar-refractivity contribution in [2.24, 2.45) is 5.92 Å². The Morgan fingerprint density at radius 3 is 2.46 bits per heavy atom. The van der Waals surface area contributed by atoms with Gasteiger partial charge >= 0.3 is 0 Å². The highest BCUT2D eigenvalue weighted by Crippen LogP contribution is 2.59. The molecule has 7 nitrogen and oxygen atoms in total. The van der Waals surface area contributed by atoms with E-state index in [1.165, 1.54) is 17.8 Å². The summed E-state index contributed by atoms with van der Waals surface area (Å²) in [6, 6.07) is 18.0. The monoisotopic (exact) mass is 573 g/mol. The number of nitrogens with zero attached hydrogens (tertiary/aromatic N) is 2. The summed E-state index contributed by atoms with van der Waals surface area (Å²) in [5.41, 5.74) is 3.74. The molecule has 0 radical (unpaired) electrons. The Kier molecular flexibility index (Phi) is 6.50. The van der Waals surface area contributed by atoms with Gasteiger partial charge in [0.1, 0.15) is 0 Å². The zero-order valence-electron chi connectivity index (χ0n) is 18.6. The van der Waals surface area contributed by atoms with Crippen molar-refractivity contribution in [3.63, 3.8) is 0 Å². The Bertz CT molecular complexity index is 1320. The first-order valence-electron chi connectivity index (χ1n) is 11.1. The lowest BCUT2D eigenvalue weighted by molar-refractivity contribution is -0.387. The zero-order chi connectivity index (χ0) is 24.9. The van der Waals surface area contributed by atoms with E-state index in [-0.39, 0.29) is 49.7 Å². The van der Waals surface area contributed by atoms with Gasteiger partial charge in [-0.25, -0.2) is 0 Å². The maximum absolute atomic E-state index is 11.6. The molecule has 0 amide bonds. The molecule has 1 saturated carbocycles. The SMILES string of the molecule is Cc1cc([N+](=O)[O-])cc2c1N[C@H](c1ccc(Br)cc1)[C@@H]1C[C@H](Sc3ccccc3[N+](=O)[O-])[C@@H](Cl)[C@H]21. The Labute approximate surface area is 219 Å². The molecule has 35 heavy (non-hydrogen) atoms. The van der Waals surface area contributed by atoms with Crippen LogP contribution >= 0.6 is 39.3 Å². The van der Waals surface area contributed by atoms with E-state index in [9.17, 15) is 20.2 Å². The van der Waals surface area contributed by atoms with Gasteiger partial charge in [0.2, 0.25) is 0 Å². The first-order valence-corrected chi connectivity index (χ1v) is 13.2. The molecule has 3 aromatic carbocycles. The Hall–Kier alpha value is -2.62. The Morgan fingerprint density at radius 1 is 1.06 bits per heavy atom. The molecule has 1 aliphatic carbocycles. The third kappa shape index (κ3) is 4.41. The largest absolute Gasteiger partial charge is 0.377 e. The van der Waals surface area contributed by atoms with Gasteiger partial charge in [0.15, 0.2) is 0 Å². The van der Waals surface area contributed by atoms with Crippen LogP contribution in [0.5, 0.6) is 0 Å². The molecule has 10 heteroatoms. The number of alkyl halides is 1. The van der Waals surface area contributed by atoms with Gasteiger partial charge in [-0.3, -0.25) is 20.2 Å². The summed E-state index contributed by atoms with van der Waals surface area (Å²) in [6.45, 7) is 1.87. The standard InChI is InChI=1S/C25H21BrClN3O4S/c1-13-10-16(29(31)32)11-17-22-18(25(28-24(13)17)14-6-8-15(26)9-7-14)12-21(23(22)27)35-20-5-3-2-4-19(20)30(33)34/h2-11,18,21-23,25,28H,12H2,1H3/t18-,21+,22-,23-,25-/m1/s1. The lowest BCUT2D eigenvalue weighted by Crippen LogP contribution is -2.31. The van der Waals surface area contributed by atoms with E-state index in [0.717, 1.165) is 26.9 Å². The lowest BCUT2D eigenvalue weighted by Gasteiger charge is -2.39. The lowest BCUT2D eigenvalue weighted by atomic mass is 9.76. The molecule has 180 valence electrons. The van der Waals surface area contributed by atoms with E-state index >= 15 is 0 Å². The summed E-state index contributed by atoms with van der Waals surface area (Å²) >= 11 is 12.0. The second kappa shape index (κ2) is 9.44. The van der Waals surface area contributed by atoms with Crippen LogP contribution in [0.2, 0.25) is 0 Å². The summed E-state index contributed by atoms with van der Waals surface area (Å²) in [5, 5.41) is 26.4. The van der Waals surface area contributed by atoms with E-state index in [4.69, 9.17) is 11.6 Å². The van der Waals surface area contributed by atoms with Gasteiger partial charge in [-0.15, -0.1) is 23.4 Å². The number of aryl methyl sites for hydroxylation is 1. The van der Waals surface area contributed by atoms with Gasteiger partial charge in [0, 0.05) is 39.5 Å². The van der Waals surface area contributed by atoms with Crippen LogP contribution in [0.4, 0.5) is 17.1 Å². The predicted molar refractivity (Wildman–Crippen MR) is 142 cm³/mol. The summed E-state index contributed by atoms with van der Waals surface area (Å²) in [5.74, 6) is -0.0757. The molecule has 1 N–H and O–H groups in total. The molecular weight excluding hydrogens is 554 g/mol. The van der Waals surface area contributed by atoms with Crippen LogP contribution < -0.4 is 5.32 Å². The van der Waals surface area contributed by atoms with Crippen molar-refractivity contribution in [3.05, 3.63) is 102 Å². The van der Waals surface area contributed by atoms with E-state index in [1.54, 1.807) is 30.3 Å². The molecule has 3 aromatic rings. The smallest absolute Gasteiger partial charge is 0.282 e. The number of hydrogen-bond acceptors (Lipinski definition) is 6. The average Bonchev–Trinajstić information content (AvgIpc) is 3.15. The molecule has 1 aliphatic heterocycles. The number of rotatable bonds is 5. The molecule has 1 heterocycles. The van der Waals surface area contributed by atoms with Crippen LogP contribution in [0.1, 0.15) is 35.1 Å². The summed E-state index contributed by atoms with van der Waals surface area (Å²) in [7, 11) is 0. The second-order valence-corrected chi connectivity index (χ2v) is 11.6. The highest BCUT2D eigenvalue weighted by Gasteiger charge is 2.51. The van der Waals surface area contributed by atoms with Crippen molar-refractivity contribution >= 4 is 56.4 Å². The number of thioether (sulfide) groups is 1. The van der Waals surface area contributed by atoms with Gasteiger partial charge in [0.25, 0.3) is 11.4 Å². The first kappa shape index (κ1) is 24.1. The van der Waals surface area contributed by atoms with E-state index in [0.29, 0.717) is 11.3 Å². The Balaban J connectivity index is 1.59. The summed E-state index contributed by atoms with van der Waals surface area (Å²) in [6.07, 6.45) is 0.713. The van der Waals surface area contributed by atoms with E-state index in [2.05, 4.69) is 33.4 Å². The number of anilines is 1. The van der Waals surface area contributed by atoms with Gasteiger partial charge in [0.05, 0.1) is 26.2 Å². The number of benzene rings is 3. The average molecular weight is 575 g/mol. The minimum atomic E-state index is -0.374. The zero-order valence-corrected chi connectivity index (χ0v) is 21.7. The van der Waals surface area contributed by atoms with Crippen LogP contribution in [0.3, 0.4) is 0 Å². The van der Waals surface area contributed by atoms with Crippen LogP contribution in [-0.4, -0.2) is 20.5 Å². The maximum atomic E-state index is 11.6. The number of fused-ring (bicyclic) bond motifs is 3. The number of halogens is 2. The second-order valence-electron chi connectivity index (χ2n) is 8.91. The molecule has 5 atom stereocenters. The molecule has 0 saturated heterocycles. The fourth-order valence-corrected chi connectivity index (χ4v) is 7.57. The van der Waals surface area contributed by atoms with E-state index in [1.807, 2.05) is 19.1 Å². The summed E-state index contributed by atoms with van der Waals surface area (Å²) in [4.78, 5) is 23.0. The minimum Gasteiger partial charge on any atom is -0.377 e. The normalized spacial score (nSPS) is 24.8. The third-order valence-electron chi connectivity index (χ3n) is 6.88. The van der Waals surface area contributed by atoms with Crippen molar-refractivity contribution in [2.45, 2.75) is 40.8 Å². The van der Waals surface area contributed by atoms with Crippen LogP contribution in [0, 0.1) is 33.1 Å². The maximum Gasteiger partial charge on any atom is 0.282 e. The number of hydrogen-bond donors (Lipinski definition) is 1. The van der Waals surface area contributed by atoms with Crippen molar-refractivity contribution in [3.8, 4) is 0 Å². The van der Waals surface area contributed by atoms with Crippen molar-refractivity contribution in [1.82, 2.24) is 0 Å². The summed E-state index contributed by atoms with van der Waals surface area (Å²) < 4.78 is 0.979. The predicted octanol–water partition coefficient (Wildman–Crippen LogP) is 7.61. The topological polar surface area (TPSA) is 98.3 Å². The number of nitrogens with one attached hydrogen (secondary N) is 1. The fourth-order valence-electron chi connectivity index (χ4n) is 5.37. The molecule has 5 rings (SSSR count). The third-order valence-corrected chi connectivity index (χ3v) is 9.52. The van der Waals surface area contributed by atoms with Crippen LogP contribution in [0.25, 0.3) is 0 Å². The highest BCUT2D eigenvalue weighted by atomic mass is 79.9. The molecule has 0 bridgehead atoms. The van der Waals surface area contributed by atoms with Gasteiger partial charge < -0.3 is 5.32 Å². The molecule has 0 unspecified atom stereocenters. The van der Waals surface area contributed by atoms with Crippen LogP contribution in [-0.2, 0) is 0 Å². The molecule has 0 spiro atoms. The molecular formula is C25H21BrClN3O4S. The van der Waals surface area contributed by atoms with Crippen molar-refractivity contribution in [1.29, 1.82) is 0 Å². The van der Waals surface area contributed by atoms with Crippen molar-refractivity contribution in [2.75, 3.05) is 5.32 Å². The highest BCUT2D eigenvalue weighted by molar-refractivity contribution is 9.10. The minimum absolute atomic E-state index is 0.0432. The Morgan fingerprint density at radius 2 is 1.77 bits per heavy atom. The molecule has 1 fully saturated rings. The number of nitro benzene ring substituents is 2. The number of non-ortho nitro benzene ring substituents is 1. The van der Waals surface area contributed by atoms with Crippen molar-refractivity contribution < 1.29 is 9.85 Å². The van der Waals surface area contributed by atoms with Gasteiger partial charge in [-0.05, 0) is 54.2 Å². The molecule has 2 aliphatic rings. The first-order chi connectivity index (χ1) is 16.7. The van der Waals surface area contributed by atoms with Gasteiger partial charge in [-0.2, -0.15) is 0 Å². The number of nitro groups is 2. The number of para-hydroxylation sites is 1. The quantitative estimate of drug-likeness (QED) is 0.191. The van der Waals surface area contributed by atoms with Gasteiger partial charge in [-0.1, -0.05) is 40.2 Å².